The summed E-state index contributed by atoms with van der Waals surface area (Å²) in [4.78, 5) is 28.3. The second kappa shape index (κ2) is 9.37. The summed E-state index contributed by atoms with van der Waals surface area (Å²) in [6.07, 6.45) is -4.81. The van der Waals surface area contributed by atoms with Crippen LogP contribution in [-0.4, -0.2) is 39.2 Å². The van der Waals surface area contributed by atoms with Gasteiger partial charge in [0.2, 0.25) is 5.82 Å². The van der Waals surface area contributed by atoms with Crippen LogP contribution in [0.3, 0.4) is 0 Å². The molecule has 1 N–H and O–H groups in total. The van der Waals surface area contributed by atoms with Crippen LogP contribution in [0.5, 0.6) is 5.75 Å². The summed E-state index contributed by atoms with van der Waals surface area (Å²) in [6, 6.07) is 11.3. The van der Waals surface area contributed by atoms with Gasteiger partial charge in [0.05, 0.1) is 12.1 Å². The Hall–Kier alpha value is -4.55. The zero-order valence-corrected chi connectivity index (χ0v) is 17.8. The largest absolute Gasteiger partial charge is 0.573 e. The molecule has 0 unspecified atom stereocenters. The van der Waals surface area contributed by atoms with Crippen LogP contribution in [0.4, 0.5) is 17.6 Å². The number of ether oxygens (including phenoxy) is 1. The van der Waals surface area contributed by atoms with Gasteiger partial charge in [-0.3, -0.25) is 9.59 Å². The van der Waals surface area contributed by atoms with Gasteiger partial charge in [0.1, 0.15) is 17.3 Å². The Morgan fingerprint density at radius 3 is 2.54 bits per heavy atom. The van der Waals surface area contributed by atoms with E-state index in [1.165, 1.54) is 43.4 Å². The van der Waals surface area contributed by atoms with Gasteiger partial charge in [-0.2, -0.15) is 10.1 Å². The van der Waals surface area contributed by atoms with E-state index in [-0.39, 0.29) is 29.5 Å². The van der Waals surface area contributed by atoms with E-state index in [1.807, 2.05) is 0 Å². The Balaban J connectivity index is 1.57. The van der Waals surface area contributed by atoms with E-state index in [9.17, 15) is 27.2 Å². The van der Waals surface area contributed by atoms with Crippen molar-refractivity contribution in [3.8, 4) is 28.7 Å². The third kappa shape index (κ3) is 5.51. The number of aromatic nitrogens is 4. The number of nitrogens with zero attached hydrogens (tertiary/aromatic N) is 4. The van der Waals surface area contributed by atoms with Gasteiger partial charge in [-0.05, 0) is 48.0 Å². The molecular formula is C22H15F4N5O4. The van der Waals surface area contributed by atoms with Gasteiger partial charge < -0.3 is 14.6 Å². The number of hydrogen-bond donors (Lipinski definition) is 1. The Kier molecular flexibility index (Phi) is 6.32. The monoisotopic (exact) mass is 489 g/mol. The first-order valence-corrected chi connectivity index (χ1v) is 9.92. The molecule has 0 aliphatic rings. The second-order valence-electron chi connectivity index (χ2n) is 7.10. The van der Waals surface area contributed by atoms with Crippen LogP contribution in [-0.2, 0) is 6.54 Å². The van der Waals surface area contributed by atoms with Crippen molar-refractivity contribution in [3.63, 3.8) is 0 Å². The Labute approximate surface area is 194 Å². The van der Waals surface area contributed by atoms with Crippen LogP contribution in [0.25, 0.3) is 23.0 Å². The smallest absolute Gasteiger partial charge is 0.406 e. The first-order chi connectivity index (χ1) is 16.6. The predicted octanol–water partition coefficient (Wildman–Crippen LogP) is 3.41. The molecule has 4 aromatic rings. The average molecular weight is 489 g/mol. The molecule has 0 saturated carbocycles. The molecule has 1 amide bonds. The van der Waals surface area contributed by atoms with E-state index >= 15 is 0 Å². The van der Waals surface area contributed by atoms with Crippen molar-refractivity contribution in [2.24, 2.45) is 0 Å². The van der Waals surface area contributed by atoms with Gasteiger partial charge >= 0.3 is 6.36 Å². The van der Waals surface area contributed by atoms with Gasteiger partial charge in [0, 0.05) is 18.7 Å². The summed E-state index contributed by atoms with van der Waals surface area (Å²) >= 11 is 0. The van der Waals surface area contributed by atoms with Crippen molar-refractivity contribution in [1.82, 2.24) is 25.2 Å². The Morgan fingerprint density at radius 2 is 1.86 bits per heavy atom. The van der Waals surface area contributed by atoms with Gasteiger partial charge in [-0.15, -0.1) is 13.2 Å². The fraction of sp³-hybridized carbons (Fsp3) is 0.136. The van der Waals surface area contributed by atoms with Crippen LogP contribution in [0.15, 0.2) is 63.9 Å². The van der Waals surface area contributed by atoms with Crippen molar-refractivity contribution in [3.05, 3.63) is 81.9 Å². The Bertz CT molecular complexity index is 1430. The molecule has 2 aromatic carbocycles. The van der Waals surface area contributed by atoms with Crippen LogP contribution >= 0.6 is 0 Å². The van der Waals surface area contributed by atoms with E-state index in [4.69, 9.17) is 4.52 Å². The van der Waals surface area contributed by atoms with Crippen molar-refractivity contribution < 1.29 is 31.6 Å². The van der Waals surface area contributed by atoms with Crippen LogP contribution in [0.2, 0.25) is 0 Å². The van der Waals surface area contributed by atoms with Crippen LogP contribution < -0.4 is 15.6 Å². The number of amides is 1. The molecule has 13 heteroatoms. The number of hydrogen-bond acceptors (Lipinski definition) is 7. The summed E-state index contributed by atoms with van der Waals surface area (Å²) in [6.45, 7) is -0.0708. The number of benzene rings is 2. The maximum atomic E-state index is 13.9. The lowest BCUT2D eigenvalue weighted by molar-refractivity contribution is -0.274. The quantitative estimate of drug-likeness (QED) is 0.413. The van der Waals surface area contributed by atoms with Crippen molar-refractivity contribution >= 4 is 5.91 Å². The SMILES string of the molecule is CNC(=O)c1cc(Cn2nc(-c3nc(-c4ccc(OC(F)(F)F)cc4)no3)ccc2=O)ccc1F. The minimum atomic E-state index is -4.81. The maximum absolute atomic E-state index is 13.9. The highest BCUT2D eigenvalue weighted by atomic mass is 19.4. The van der Waals surface area contributed by atoms with Gasteiger partial charge in [-0.25, -0.2) is 9.07 Å². The molecule has 0 saturated heterocycles. The standard InChI is InChI=1S/C22H15F4N5O4/c1-27-20(33)15-10-12(2-7-16(15)23)11-31-18(32)9-8-17(29-31)21-28-19(30-35-21)13-3-5-14(6-4-13)34-22(24,25)26/h2-10H,11H2,1H3,(H,27,33). The van der Waals surface area contributed by atoms with E-state index in [0.29, 0.717) is 11.1 Å². The third-order valence-corrected chi connectivity index (χ3v) is 4.69. The van der Waals surface area contributed by atoms with Crippen LogP contribution in [0.1, 0.15) is 15.9 Å². The lowest BCUT2D eigenvalue weighted by atomic mass is 10.1. The summed E-state index contributed by atoms with van der Waals surface area (Å²) in [7, 11) is 1.37. The number of nitrogens with one attached hydrogen (secondary N) is 1. The first kappa shape index (κ1) is 23.6. The normalized spacial score (nSPS) is 11.3. The maximum Gasteiger partial charge on any atom is 0.573 e. The fourth-order valence-electron chi connectivity index (χ4n) is 3.08. The zero-order valence-electron chi connectivity index (χ0n) is 17.8. The summed E-state index contributed by atoms with van der Waals surface area (Å²) in [5.74, 6) is -1.70. The van der Waals surface area contributed by atoms with E-state index in [1.54, 1.807) is 0 Å². The zero-order chi connectivity index (χ0) is 25.2. The minimum Gasteiger partial charge on any atom is -0.406 e. The van der Waals surface area contributed by atoms with Gasteiger partial charge in [0.25, 0.3) is 17.4 Å². The summed E-state index contributed by atoms with van der Waals surface area (Å²) in [5, 5.41) is 10.3. The molecular weight excluding hydrogens is 474 g/mol. The number of alkyl halides is 3. The molecule has 0 radical (unpaired) electrons. The van der Waals surface area contributed by atoms with E-state index < -0.39 is 29.4 Å². The molecule has 0 atom stereocenters. The number of halogens is 4. The molecule has 2 aromatic heterocycles. The van der Waals surface area contributed by atoms with E-state index in [0.717, 1.165) is 22.9 Å². The van der Waals surface area contributed by atoms with Gasteiger partial charge in [-0.1, -0.05) is 11.2 Å². The third-order valence-electron chi connectivity index (χ3n) is 4.69. The summed E-state index contributed by atoms with van der Waals surface area (Å²) < 4.78 is 61.0. The highest BCUT2D eigenvalue weighted by Crippen LogP contribution is 2.26. The molecule has 0 fully saturated rings. The highest BCUT2D eigenvalue weighted by molar-refractivity contribution is 5.94. The lowest BCUT2D eigenvalue weighted by Gasteiger charge is -2.08. The molecule has 0 bridgehead atoms. The van der Waals surface area contributed by atoms with Crippen molar-refractivity contribution in [2.45, 2.75) is 12.9 Å². The molecule has 35 heavy (non-hydrogen) atoms. The number of carbonyl (C=O) groups is 1. The average Bonchev–Trinajstić information content (AvgIpc) is 3.31. The van der Waals surface area contributed by atoms with E-state index in [2.05, 4.69) is 25.3 Å². The molecule has 2 heterocycles. The van der Waals surface area contributed by atoms with Gasteiger partial charge in [0.15, 0.2) is 0 Å². The molecule has 0 spiro atoms. The molecule has 0 aliphatic carbocycles. The highest BCUT2D eigenvalue weighted by Gasteiger charge is 2.31. The van der Waals surface area contributed by atoms with Crippen molar-refractivity contribution in [2.75, 3.05) is 7.05 Å². The Morgan fingerprint density at radius 1 is 1.11 bits per heavy atom. The summed E-state index contributed by atoms with van der Waals surface area (Å²) in [5.41, 5.74) is 0.302. The molecule has 4 rings (SSSR count). The molecule has 180 valence electrons. The lowest BCUT2D eigenvalue weighted by Crippen LogP contribution is -2.24. The number of rotatable bonds is 6. The van der Waals surface area contributed by atoms with Crippen molar-refractivity contribution in [1.29, 1.82) is 0 Å². The molecule has 0 aliphatic heterocycles. The first-order valence-electron chi connectivity index (χ1n) is 9.92. The minimum absolute atomic E-state index is 0.0467. The molecule has 9 nitrogen and oxygen atoms in total. The second-order valence-corrected chi connectivity index (χ2v) is 7.10. The predicted molar refractivity (Wildman–Crippen MR) is 113 cm³/mol. The fourth-order valence-corrected chi connectivity index (χ4v) is 3.08. The number of carbonyl (C=O) groups excluding carboxylic acids is 1. The van der Waals surface area contributed by atoms with Crippen LogP contribution in [0, 0.1) is 5.82 Å². The topological polar surface area (TPSA) is 112 Å².